The molecule has 41 heavy (non-hydrogen) atoms. The molecule has 0 saturated heterocycles. The molecule has 0 aliphatic rings. The molecule has 0 saturated carbocycles. The van der Waals surface area contributed by atoms with Crippen molar-refractivity contribution in [1.82, 2.24) is 10.2 Å². The molecule has 3 aromatic carbocycles. The second-order valence-electron chi connectivity index (χ2n) is 9.26. The number of ether oxygens (including phenoxy) is 1. The summed E-state index contributed by atoms with van der Waals surface area (Å²) in [7, 11) is -4.23. The van der Waals surface area contributed by atoms with E-state index >= 15 is 0 Å². The summed E-state index contributed by atoms with van der Waals surface area (Å²) in [4.78, 5) is 28.4. The highest BCUT2D eigenvalue weighted by Gasteiger charge is 2.33. The van der Waals surface area contributed by atoms with E-state index in [0.29, 0.717) is 35.9 Å². The first-order chi connectivity index (χ1) is 19.6. The molecule has 0 spiro atoms. The van der Waals surface area contributed by atoms with Gasteiger partial charge in [0.15, 0.2) is 0 Å². The number of hydrogen-bond donors (Lipinski definition) is 1. The second-order valence-corrected chi connectivity index (χ2v) is 11.6. The average molecular weight is 604 g/mol. The molecule has 3 aromatic rings. The lowest BCUT2D eigenvalue weighted by molar-refractivity contribution is -0.140. The fraction of sp³-hybridized carbons (Fsp3) is 0.333. The largest absolute Gasteiger partial charge is 0.494 e. The van der Waals surface area contributed by atoms with Crippen molar-refractivity contribution in [2.24, 2.45) is 0 Å². The van der Waals surface area contributed by atoms with Crippen molar-refractivity contribution < 1.29 is 27.1 Å². The number of anilines is 1. The van der Waals surface area contributed by atoms with E-state index in [2.05, 4.69) is 5.32 Å². The van der Waals surface area contributed by atoms with E-state index < -0.39 is 34.3 Å². The first-order valence-electron chi connectivity index (χ1n) is 13.4. The van der Waals surface area contributed by atoms with E-state index in [-0.39, 0.29) is 29.5 Å². The highest BCUT2D eigenvalue weighted by Crippen LogP contribution is 2.27. The molecule has 2 amide bonds. The Morgan fingerprint density at radius 3 is 2.15 bits per heavy atom. The van der Waals surface area contributed by atoms with Crippen LogP contribution in [0.5, 0.6) is 5.75 Å². The van der Waals surface area contributed by atoms with Gasteiger partial charge in [0, 0.05) is 18.1 Å². The Labute approximate surface area is 246 Å². The maximum atomic E-state index is 14.0. The van der Waals surface area contributed by atoms with Gasteiger partial charge in [-0.1, -0.05) is 37.6 Å². The topological polar surface area (TPSA) is 96.0 Å². The predicted octanol–water partition coefficient (Wildman–Crippen LogP) is 5.41. The average Bonchev–Trinajstić information content (AvgIpc) is 2.96. The van der Waals surface area contributed by atoms with E-state index in [9.17, 15) is 22.4 Å². The number of sulfonamides is 1. The number of nitrogens with zero attached hydrogens (tertiary/aromatic N) is 2. The quantitative estimate of drug-likeness (QED) is 0.266. The molecule has 0 unspecified atom stereocenters. The number of rotatable bonds is 14. The van der Waals surface area contributed by atoms with Gasteiger partial charge in [-0.15, -0.1) is 0 Å². The Kier molecular flexibility index (Phi) is 11.5. The first kappa shape index (κ1) is 31.9. The third-order valence-electron chi connectivity index (χ3n) is 6.32. The molecule has 11 heteroatoms. The monoisotopic (exact) mass is 603 g/mol. The molecule has 3 rings (SSSR count). The van der Waals surface area contributed by atoms with Crippen molar-refractivity contribution >= 4 is 39.1 Å². The molecule has 0 fully saturated rings. The Morgan fingerprint density at radius 2 is 1.59 bits per heavy atom. The number of hydrogen-bond acceptors (Lipinski definition) is 5. The van der Waals surface area contributed by atoms with Crippen LogP contribution in [0, 0.1) is 5.82 Å². The zero-order chi connectivity index (χ0) is 30.0. The maximum Gasteiger partial charge on any atom is 0.264 e. The third kappa shape index (κ3) is 8.43. The van der Waals surface area contributed by atoms with Gasteiger partial charge in [0.2, 0.25) is 11.8 Å². The van der Waals surface area contributed by atoms with Crippen LogP contribution >= 0.6 is 11.6 Å². The summed E-state index contributed by atoms with van der Waals surface area (Å²) >= 11 is 5.99. The van der Waals surface area contributed by atoms with Crippen LogP contribution in [0.3, 0.4) is 0 Å². The van der Waals surface area contributed by atoms with Crippen LogP contribution < -0.4 is 14.4 Å². The fourth-order valence-corrected chi connectivity index (χ4v) is 5.75. The van der Waals surface area contributed by atoms with Crippen molar-refractivity contribution in [2.75, 3.05) is 24.0 Å². The summed E-state index contributed by atoms with van der Waals surface area (Å²) in [6, 6.07) is 16.7. The van der Waals surface area contributed by atoms with Crippen LogP contribution in [0.4, 0.5) is 10.1 Å². The van der Waals surface area contributed by atoms with Gasteiger partial charge in [-0.05, 0) is 86.0 Å². The van der Waals surface area contributed by atoms with Gasteiger partial charge in [0.25, 0.3) is 10.0 Å². The molecule has 0 radical (unpaired) electrons. The van der Waals surface area contributed by atoms with Gasteiger partial charge in [-0.2, -0.15) is 0 Å². The number of benzene rings is 3. The number of nitrogens with one attached hydrogen (secondary N) is 1. The fourth-order valence-electron chi connectivity index (χ4n) is 4.21. The molecule has 0 aliphatic heterocycles. The summed E-state index contributed by atoms with van der Waals surface area (Å²) < 4.78 is 47.9. The second kappa shape index (κ2) is 14.8. The van der Waals surface area contributed by atoms with Crippen molar-refractivity contribution in [3.63, 3.8) is 0 Å². The van der Waals surface area contributed by atoms with Crippen molar-refractivity contribution in [1.29, 1.82) is 0 Å². The number of halogens is 2. The molecule has 0 heterocycles. The van der Waals surface area contributed by atoms with Gasteiger partial charge in [-0.25, -0.2) is 12.8 Å². The first-order valence-corrected chi connectivity index (χ1v) is 15.2. The number of carbonyl (C=O) groups is 2. The van der Waals surface area contributed by atoms with Crippen LogP contribution in [0.1, 0.15) is 39.2 Å². The van der Waals surface area contributed by atoms with E-state index in [1.54, 1.807) is 31.2 Å². The van der Waals surface area contributed by atoms with Crippen LogP contribution in [-0.2, 0) is 26.2 Å². The Hall–Kier alpha value is -3.63. The van der Waals surface area contributed by atoms with Crippen molar-refractivity contribution in [3.05, 3.63) is 89.2 Å². The summed E-state index contributed by atoms with van der Waals surface area (Å²) in [5, 5.41) is 3.19. The molecule has 1 atom stereocenters. The van der Waals surface area contributed by atoms with Gasteiger partial charge >= 0.3 is 0 Å². The lowest BCUT2D eigenvalue weighted by atomic mass is 10.1. The molecular weight excluding hydrogens is 569 g/mol. The lowest BCUT2D eigenvalue weighted by Gasteiger charge is -2.33. The van der Waals surface area contributed by atoms with E-state index in [0.717, 1.165) is 4.31 Å². The Morgan fingerprint density at radius 1 is 0.951 bits per heavy atom. The Bertz CT molecular complexity index is 1400. The highest BCUT2D eigenvalue weighted by atomic mass is 35.5. The highest BCUT2D eigenvalue weighted by molar-refractivity contribution is 7.92. The predicted molar refractivity (Wildman–Crippen MR) is 158 cm³/mol. The van der Waals surface area contributed by atoms with Gasteiger partial charge in [-0.3, -0.25) is 13.9 Å². The van der Waals surface area contributed by atoms with Crippen LogP contribution in [-0.4, -0.2) is 50.9 Å². The Balaban J connectivity index is 2.04. The van der Waals surface area contributed by atoms with E-state index in [1.165, 1.54) is 53.4 Å². The van der Waals surface area contributed by atoms with Crippen LogP contribution in [0.2, 0.25) is 5.02 Å². The minimum atomic E-state index is -4.23. The van der Waals surface area contributed by atoms with Gasteiger partial charge in [0.1, 0.15) is 24.2 Å². The zero-order valence-corrected chi connectivity index (χ0v) is 24.9. The third-order valence-corrected chi connectivity index (χ3v) is 8.36. The molecular formula is C30H35ClFN3O5S. The van der Waals surface area contributed by atoms with Crippen LogP contribution in [0.25, 0.3) is 0 Å². The standard InChI is InChI=1S/C30H35ClFN3O5S/c1-4-19-33-30(37)28(5-2)34(20-22-7-11-24(32)12-8-22)29(36)21-35(25-13-15-26(16-14-25)40-6-3)41(38,39)27-17-9-23(31)10-18-27/h7-18,28H,4-6,19-21H2,1-3H3,(H,33,37)/t28-/m1/s1. The van der Waals surface area contributed by atoms with Gasteiger partial charge < -0.3 is 15.0 Å². The molecule has 8 nitrogen and oxygen atoms in total. The summed E-state index contributed by atoms with van der Waals surface area (Å²) in [5.41, 5.74) is 0.830. The minimum Gasteiger partial charge on any atom is -0.494 e. The van der Waals surface area contributed by atoms with E-state index in [4.69, 9.17) is 16.3 Å². The molecule has 0 aromatic heterocycles. The van der Waals surface area contributed by atoms with E-state index in [1.807, 2.05) is 13.8 Å². The number of carbonyl (C=O) groups excluding carboxylic acids is 2. The number of amides is 2. The summed E-state index contributed by atoms with van der Waals surface area (Å²) in [5.74, 6) is -0.838. The SMILES string of the molecule is CCCNC(=O)[C@@H](CC)N(Cc1ccc(F)cc1)C(=O)CN(c1ccc(OCC)cc1)S(=O)(=O)c1ccc(Cl)cc1. The van der Waals surface area contributed by atoms with Gasteiger partial charge in [0.05, 0.1) is 17.2 Å². The van der Waals surface area contributed by atoms with Crippen molar-refractivity contribution in [2.45, 2.75) is 51.1 Å². The maximum absolute atomic E-state index is 14.0. The smallest absolute Gasteiger partial charge is 0.264 e. The molecule has 1 N–H and O–H groups in total. The normalized spacial score (nSPS) is 11.9. The zero-order valence-electron chi connectivity index (χ0n) is 23.3. The molecule has 0 bridgehead atoms. The van der Waals surface area contributed by atoms with Crippen molar-refractivity contribution in [3.8, 4) is 5.75 Å². The minimum absolute atomic E-state index is 0.0186. The summed E-state index contributed by atoms with van der Waals surface area (Å²) in [6.07, 6.45) is 0.994. The molecule has 220 valence electrons. The summed E-state index contributed by atoms with van der Waals surface area (Å²) in [6.45, 7) is 5.78. The van der Waals surface area contributed by atoms with Crippen LogP contribution in [0.15, 0.2) is 77.7 Å². The molecule has 0 aliphatic carbocycles. The lowest BCUT2D eigenvalue weighted by Crippen LogP contribution is -2.52.